The van der Waals surface area contributed by atoms with E-state index in [4.69, 9.17) is 11.6 Å². The molecule has 0 aliphatic heterocycles. The molecule has 0 aromatic rings. The van der Waals surface area contributed by atoms with Crippen LogP contribution in [-0.2, 0) is 4.79 Å². The third-order valence-electron chi connectivity index (χ3n) is 3.03. The standard InChI is InChI=1S/C12H14ClF3O2/c1-2-3-5-11(10(17)18)6-4-8(7-9(11)13)12(14,15)16/h4,6-7,9H,2-3,5H2,1H3,(H,17,18)/p-1. The molecule has 6 heteroatoms. The van der Waals surface area contributed by atoms with E-state index in [2.05, 4.69) is 0 Å². The molecular formula is C12H13ClF3O2-. The molecule has 0 heterocycles. The summed E-state index contributed by atoms with van der Waals surface area (Å²) in [4.78, 5) is 11.2. The average Bonchev–Trinajstić information content (AvgIpc) is 2.26. The number of halogens is 4. The fraction of sp³-hybridized carbons (Fsp3) is 0.583. The monoisotopic (exact) mass is 281 g/mol. The number of unbranched alkanes of at least 4 members (excludes halogenated alkanes) is 1. The van der Waals surface area contributed by atoms with Crippen LogP contribution in [0.25, 0.3) is 0 Å². The average molecular weight is 282 g/mol. The predicted molar refractivity (Wildman–Crippen MR) is 59.9 cm³/mol. The molecule has 1 aliphatic carbocycles. The van der Waals surface area contributed by atoms with Crippen molar-refractivity contribution in [2.24, 2.45) is 5.41 Å². The van der Waals surface area contributed by atoms with E-state index < -0.39 is 28.5 Å². The van der Waals surface area contributed by atoms with Gasteiger partial charge in [-0.3, -0.25) is 0 Å². The van der Waals surface area contributed by atoms with Crippen molar-refractivity contribution in [2.45, 2.75) is 37.7 Å². The van der Waals surface area contributed by atoms with Crippen LogP contribution in [0.5, 0.6) is 0 Å². The van der Waals surface area contributed by atoms with Gasteiger partial charge in [-0.05, 0) is 6.42 Å². The lowest BCUT2D eigenvalue weighted by atomic mass is 9.75. The van der Waals surface area contributed by atoms with Crippen LogP contribution in [0.4, 0.5) is 13.2 Å². The lowest BCUT2D eigenvalue weighted by molar-refractivity contribution is -0.316. The molecule has 1 aliphatic rings. The molecule has 0 saturated heterocycles. The van der Waals surface area contributed by atoms with E-state index in [-0.39, 0.29) is 6.42 Å². The van der Waals surface area contributed by atoms with E-state index >= 15 is 0 Å². The molecule has 102 valence electrons. The van der Waals surface area contributed by atoms with Crippen molar-refractivity contribution in [1.82, 2.24) is 0 Å². The Balaban J connectivity index is 3.03. The summed E-state index contributed by atoms with van der Waals surface area (Å²) in [6.45, 7) is 1.86. The van der Waals surface area contributed by atoms with Crippen molar-refractivity contribution in [3.05, 3.63) is 23.8 Å². The van der Waals surface area contributed by atoms with Gasteiger partial charge in [0.05, 0.1) is 16.9 Å². The zero-order valence-electron chi connectivity index (χ0n) is 9.76. The summed E-state index contributed by atoms with van der Waals surface area (Å²) < 4.78 is 37.4. The lowest BCUT2D eigenvalue weighted by Crippen LogP contribution is -2.47. The molecule has 0 aromatic carbocycles. The van der Waals surface area contributed by atoms with Gasteiger partial charge < -0.3 is 9.90 Å². The van der Waals surface area contributed by atoms with Gasteiger partial charge in [0.2, 0.25) is 0 Å². The number of carboxylic acid groups (broad SMARTS) is 1. The highest BCUT2D eigenvalue weighted by Crippen LogP contribution is 2.41. The maximum atomic E-state index is 12.5. The third-order valence-corrected chi connectivity index (χ3v) is 3.55. The first-order valence-electron chi connectivity index (χ1n) is 5.58. The fourth-order valence-electron chi connectivity index (χ4n) is 1.85. The molecule has 2 unspecified atom stereocenters. The van der Waals surface area contributed by atoms with E-state index in [0.717, 1.165) is 24.6 Å². The summed E-state index contributed by atoms with van der Waals surface area (Å²) in [6, 6.07) is 0. The smallest absolute Gasteiger partial charge is 0.416 e. The summed E-state index contributed by atoms with van der Waals surface area (Å²) in [5, 5.41) is 9.94. The number of carbonyl (C=O) groups is 1. The van der Waals surface area contributed by atoms with Crippen molar-refractivity contribution in [2.75, 3.05) is 0 Å². The van der Waals surface area contributed by atoms with E-state index in [1.807, 2.05) is 6.92 Å². The predicted octanol–water partition coefficient (Wildman–Crippen LogP) is 2.58. The maximum absolute atomic E-state index is 12.5. The Labute approximate surface area is 108 Å². The first-order chi connectivity index (χ1) is 8.24. The molecule has 0 saturated carbocycles. The molecule has 1 rings (SSSR count). The van der Waals surface area contributed by atoms with Crippen LogP contribution in [0.15, 0.2) is 23.8 Å². The first kappa shape index (κ1) is 15.1. The topological polar surface area (TPSA) is 40.1 Å². The zero-order chi connectivity index (χ0) is 14.0. The molecule has 0 aromatic heterocycles. The molecule has 2 atom stereocenters. The summed E-state index contributed by atoms with van der Waals surface area (Å²) in [7, 11) is 0. The Morgan fingerprint density at radius 1 is 1.56 bits per heavy atom. The van der Waals surface area contributed by atoms with E-state index in [1.165, 1.54) is 0 Å². The van der Waals surface area contributed by atoms with Crippen molar-refractivity contribution < 1.29 is 23.1 Å². The van der Waals surface area contributed by atoms with Crippen molar-refractivity contribution in [3.8, 4) is 0 Å². The van der Waals surface area contributed by atoms with E-state index in [9.17, 15) is 23.1 Å². The van der Waals surface area contributed by atoms with E-state index in [1.54, 1.807) is 0 Å². The van der Waals surface area contributed by atoms with Crippen molar-refractivity contribution in [1.29, 1.82) is 0 Å². The van der Waals surface area contributed by atoms with Gasteiger partial charge >= 0.3 is 6.18 Å². The minimum Gasteiger partial charge on any atom is -0.549 e. The van der Waals surface area contributed by atoms with Gasteiger partial charge in [0.15, 0.2) is 0 Å². The van der Waals surface area contributed by atoms with Crippen LogP contribution >= 0.6 is 11.6 Å². The van der Waals surface area contributed by atoms with Gasteiger partial charge in [0, 0.05) is 5.41 Å². The molecular weight excluding hydrogens is 269 g/mol. The minimum absolute atomic E-state index is 0.165. The number of carbonyl (C=O) groups excluding carboxylic acids is 1. The van der Waals surface area contributed by atoms with Gasteiger partial charge in [0.1, 0.15) is 0 Å². The van der Waals surface area contributed by atoms with Gasteiger partial charge in [-0.25, -0.2) is 0 Å². The quantitative estimate of drug-likeness (QED) is 0.743. The number of alkyl halides is 4. The highest BCUT2D eigenvalue weighted by molar-refractivity contribution is 6.24. The molecule has 2 nitrogen and oxygen atoms in total. The Hall–Kier alpha value is -0.970. The Bertz CT molecular complexity index is 387. The maximum Gasteiger partial charge on any atom is 0.416 e. The molecule has 18 heavy (non-hydrogen) atoms. The van der Waals surface area contributed by atoms with Crippen LogP contribution in [0.1, 0.15) is 26.2 Å². The third kappa shape index (κ3) is 2.88. The SMILES string of the molecule is CCCCC1(C(=O)[O-])C=CC(C(F)(F)F)=CC1Cl. The summed E-state index contributed by atoms with van der Waals surface area (Å²) in [5.41, 5.74) is -2.47. The highest BCUT2D eigenvalue weighted by Gasteiger charge is 2.42. The normalized spacial score (nSPS) is 28.1. The highest BCUT2D eigenvalue weighted by atomic mass is 35.5. The Morgan fingerprint density at radius 2 is 2.17 bits per heavy atom. The second-order valence-electron chi connectivity index (χ2n) is 4.29. The van der Waals surface area contributed by atoms with Gasteiger partial charge in [-0.1, -0.05) is 38.0 Å². The van der Waals surface area contributed by atoms with Crippen LogP contribution < -0.4 is 5.11 Å². The van der Waals surface area contributed by atoms with Crippen LogP contribution in [0.2, 0.25) is 0 Å². The molecule has 0 spiro atoms. The molecule has 0 bridgehead atoms. The van der Waals surface area contributed by atoms with Crippen molar-refractivity contribution >= 4 is 17.6 Å². The number of rotatable bonds is 4. The molecule has 0 fully saturated rings. The summed E-state index contributed by atoms with van der Waals surface area (Å²) in [6.07, 6.45) is -0.556. The zero-order valence-corrected chi connectivity index (χ0v) is 10.5. The van der Waals surface area contributed by atoms with Crippen LogP contribution in [0.3, 0.4) is 0 Å². The van der Waals surface area contributed by atoms with Gasteiger partial charge in [0.25, 0.3) is 0 Å². The largest absolute Gasteiger partial charge is 0.549 e. The number of hydrogen-bond acceptors (Lipinski definition) is 2. The van der Waals surface area contributed by atoms with Gasteiger partial charge in [-0.2, -0.15) is 13.2 Å². The number of hydrogen-bond donors (Lipinski definition) is 0. The van der Waals surface area contributed by atoms with E-state index in [0.29, 0.717) is 6.42 Å². The number of allylic oxidation sites excluding steroid dienone is 3. The molecule has 0 N–H and O–H groups in total. The van der Waals surface area contributed by atoms with Crippen LogP contribution in [-0.4, -0.2) is 17.5 Å². The fourth-order valence-corrected chi connectivity index (χ4v) is 2.26. The molecule has 0 amide bonds. The Kier molecular flexibility index (Phi) is 4.48. The van der Waals surface area contributed by atoms with Crippen LogP contribution in [0, 0.1) is 5.41 Å². The van der Waals surface area contributed by atoms with Crippen molar-refractivity contribution in [3.63, 3.8) is 0 Å². The number of aliphatic carboxylic acids is 1. The first-order valence-corrected chi connectivity index (χ1v) is 6.01. The second kappa shape index (κ2) is 5.34. The number of carboxylic acids is 1. The second-order valence-corrected chi connectivity index (χ2v) is 4.76. The summed E-state index contributed by atoms with van der Waals surface area (Å²) >= 11 is 5.82. The Morgan fingerprint density at radius 3 is 2.56 bits per heavy atom. The van der Waals surface area contributed by atoms with Gasteiger partial charge in [-0.15, -0.1) is 11.6 Å². The minimum atomic E-state index is -4.52. The lowest BCUT2D eigenvalue weighted by Gasteiger charge is -2.37. The molecule has 0 radical (unpaired) electrons. The summed E-state index contributed by atoms with van der Waals surface area (Å²) in [5.74, 6) is -1.44.